The smallest absolute Gasteiger partial charge is 0.373 e. The number of carbonyl (C=O) groups excluding carboxylic acids is 1. The molecule has 1 aliphatic rings. The molecule has 0 unspecified atom stereocenters. The van der Waals surface area contributed by atoms with Gasteiger partial charge < -0.3 is 14.5 Å². The zero-order valence-electron chi connectivity index (χ0n) is 16.1. The van der Waals surface area contributed by atoms with Gasteiger partial charge in [0.2, 0.25) is 0 Å². The van der Waals surface area contributed by atoms with Crippen LogP contribution in [0.25, 0.3) is 0 Å². The molecule has 8 nitrogen and oxygen atoms in total. The Morgan fingerprint density at radius 3 is 2.61 bits per heavy atom. The van der Waals surface area contributed by atoms with Crippen molar-refractivity contribution in [3.05, 3.63) is 35.4 Å². The molecule has 11 heteroatoms. The summed E-state index contributed by atoms with van der Waals surface area (Å²) >= 11 is 0. The van der Waals surface area contributed by atoms with Crippen LogP contribution in [-0.2, 0) is 25.0 Å². The van der Waals surface area contributed by atoms with Crippen LogP contribution in [0, 0.1) is 0 Å². The molecule has 2 atom stereocenters. The van der Waals surface area contributed by atoms with Crippen molar-refractivity contribution in [3.8, 4) is 0 Å². The Hall–Kier alpha value is -2.40. The molecule has 1 aliphatic heterocycles. The standard InChI is InChI=1S/C17H23F3N6O2/c1-23(2)10-13-15(11-8-21-24(3)9-11)26(5-6-28-13)16(27)12-7-14(17(18,19)20)25(4)22-12/h7-9,13,15H,5-6,10H2,1-4H3/t13-,15-/m0/s1. The van der Waals surface area contributed by atoms with E-state index in [2.05, 4.69) is 10.2 Å². The van der Waals surface area contributed by atoms with Gasteiger partial charge >= 0.3 is 6.18 Å². The van der Waals surface area contributed by atoms with Crippen LogP contribution in [0.5, 0.6) is 0 Å². The molecule has 0 N–H and O–H groups in total. The summed E-state index contributed by atoms with van der Waals surface area (Å²) in [7, 11) is 6.71. The van der Waals surface area contributed by atoms with E-state index in [0.29, 0.717) is 17.8 Å². The van der Waals surface area contributed by atoms with Gasteiger partial charge in [0.05, 0.1) is 24.9 Å². The molecule has 0 aromatic carbocycles. The van der Waals surface area contributed by atoms with Crippen molar-refractivity contribution >= 4 is 5.91 Å². The Morgan fingerprint density at radius 2 is 2.07 bits per heavy atom. The number of halogens is 3. The summed E-state index contributed by atoms with van der Waals surface area (Å²) in [6.45, 7) is 1.08. The van der Waals surface area contributed by atoms with Gasteiger partial charge in [0.15, 0.2) is 5.69 Å². The number of likely N-dealkylation sites (N-methyl/N-ethyl adjacent to an activating group) is 1. The number of rotatable bonds is 4. The summed E-state index contributed by atoms with van der Waals surface area (Å²) in [6.07, 6.45) is -1.51. The van der Waals surface area contributed by atoms with Crippen molar-refractivity contribution < 1.29 is 22.7 Å². The van der Waals surface area contributed by atoms with Crippen molar-refractivity contribution in [1.82, 2.24) is 29.4 Å². The molecule has 0 radical (unpaired) electrons. The highest BCUT2D eigenvalue weighted by Crippen LogP contribution is 2.33. The lowest BCUT2D eigenvalue weighted by molar-refractivity contribution is -0.143. The monoisotopic (exact) mass is 400 g/mol. The van der Waals surface area contributed by atoms with E-state index in [0.717, 1.165) is 11.6 Å². The highest BCUT2D eigenvalue weighted by atomic mass is 19.4. The first-order chi connectivity index (χ1) is 13.1. The number of alkyl halides is 3. The van der Waals surface area contributed by atoms with Gasteiger partial charge in [0.1, 0.15) is 5.69 Å². The maximum absolute atomic E-state index is 13.1. The molecular weight excluding hydrogens is 377 g/mol. The van der Waals surface area contributed by atoms with Crippen molar-refractivity contribution in [1.29, 1.82) is 0 Å². The number of hydrogen-bond acceptors (Lipinski definition) is 5. The van der Waals surface area contributed by atoms with E-state index in [-0.39, 0.29) is 18.3 Å². The number of aromatic nitrogens is 4. The van der Waals surface area contributed by atoms with Crippen molar-refractivity contribution in [3.63, 3.8) is 0 Å². The number of hydrogen-bond donors (Lipinski definition) is 0. The number of carbonyl (C=O) groups is 1. The van der Waals surface area contributed by atoms with E-state index in [4.69, 9.17) is 4.74 Å². The number of morpholine rings is 1. The van der Waals surface area contributed by atoms with Gasteiger partial charge in [-0.1, -0.05) is 0 Å². The summed E-state index contributed by atoms with van der Waals surface area (Å²) in [5.74, 6) is -0.563. The third-order valence-electron chi connectivity index (χ3n) is 4.61. The van der Waals surface area contributed by atoms with E-state index in [9.17, 15) is 18.0 Å². The van der Waals surface area contributed by atoms with Gasteiger partial charge in [-0.15, -0.1) is 0 Å². The summed E-state index contributed by atoms with van der Waals surface area (Å²) in [5.41, 5.74) is -0.449. The lowest BCUT2D eigenvalue weighted by Crippen LogP contribution is -2.51. The van der Waals surface area contributed by atoms with Gasteiger partial charge in [-0.05, 0) is 14.1 Å². The predicted octanol–water partition coefficient (Wildman–Crippen LogP) is 1.32. The zero-order chi connectivity index (χ0) is 20.6. The maximum Gasteiger partial charge on any atom is 0.433 e. The Morgan fingerprint density at radius 1 is 1.36 bits per heavy atom. The lowest BCUT2D eigenvalue weighted by atomic mass is 10.00. The number of nitrogens with zero attached hydrogens (tertiary/aromatic N) is 6. The second kappa shape index (κ2) is 7.55. The molecule has 1 saturated heterocycles. The largest absolute Gasteiger partial charge is 0.433 e. The Balaban J connectivity index is 1.96. The fourth-order valence-corrected chi connectivity index (χ4v) is 3.45. The minimum absolute atomic E-state index is 0.241. The van der Waals surface area contributed by atoms with Crippen LogP contribution in [0.3, 0.4) is 0 Å². The van der Waals surface area contributed by atoms with Crippen LogP contribution in [0.1, 0.15) is 27.8 Å². The molecule has 0 spiro atoms. The molecule has 1 fully saturated rings. The molecular formula is C17H23F3N6O2. The average Bonchev–Trinajstić information content (AvgIpc) is 3.19. The van der Waals surface area contributed by atoms with Crippen LogP contribution in [0.2, 0.25) is 0 Å². The maximum atomic E-state index is 13.1. The highest BCUT2D eigenvalue weighted by molar-refractivity contribution is 5.93. The molecule has 0 saturated carbocycles. The third kappa shape index (κ3) is 4.04. The molecule has 154 valence electrons. The number of amides is 1. The first-order valence-corrected chi connectivity index (χ1v) is 8.75. The van der Waals surface area contributed by atoms with Crippen molar-refractivity contribution in [2.75, 3.05) is 33.8 Å². The quantitative estimate of drug-likeness (QED) is 0.774. The molecule has 3 heterocycles. The minimum Gasteiger partial charge on any atom is -0.373 e. The Kier molecular flexibility index (Phi) is 5.48. The zero-order valence-corrected chi connectivity index (χ0v) is 16.1. The third-order valence-corrected chi connectivity index (χ3v) is 4.61. The molecule has 1 amide bonds. The molecule has 0 aliphatic carbocycles. The SMILES string of the molecule is CN(C)C[C@@H]1OCCN(C(=O)c2cc(C(F)(F)F)n(C)n2)[C@H]1c1cnn(C)c1. The van der Waals surface area contributed by atoms with Crippen LogP contribution in [0.4, 0.5) is 13.2 Å². The minimum atomic E-state index is -4.58. The van der Waals surface area contributed by atoms with Crippen molar-refractivity contribution in [2.45, 2.75) is 18.3 Å². The second-order valence-electron chi connectivity index (χ2n) is 7.10. The first kappa shape index (κ1) is 20.3. The summed E-state index contributed by atoms with van der Waals surface area (Å²) in [5, 5.41) is 7.97. The fourth-order valence-electron chi connectivity index (χ4n) is 3.45. The van der Waals surface area contributed by atoms with Crippen LogP contribution >= 0.6 is 0 Å². The van der Waals surface area contributed by atoms with E-state index in [1.54, 1.807) is 24.1 Å². The normalized spacial score (nSPS) is 20.8. The second-order valence-corrected chi connectivity index (χ2v) is 7.10. The van der Waals surface area contributed by atoms with Gasteiger partial charge in [0, 0.05) is 45.0 Å². The summed E-state index contributed by atoms with van der Waals surface area (Å²) in [4.78, 5) is 16.6. The first-order valence-electron chi connectivity index (χ1n) is 8.75. The Labute approximate surface area is 160 Å². The van der Waals surface area contributed by atoms with Crippen LogP contribution < -0.4 is 0 Å². The molecule has 2 aromatic rings. The van der Waals surface area contributed by atoms with E-state index >= 15 is 0 Å². The van der Waals surface area contributed by atoms with Gasteiger partial charge in [0.25, 0.3) is 5.91 Å². The Bertz CT molecular complexity index is 844. The topological polar surface area (TPSA) is 68.4 Å². The van der Waals surface area contributed by atoms with E-state index < -0.39 is 23.8 Å². The van der Waals surface area contributed by atoms with Gasteiger partial charge in [-0.25, -0.2) is 0 Å². The molecule has 0 bridgehead atoms. The molecule has 28 heavy (non-hydrogen) atoms. The van der Waals surface area contributed by atoms with Crippen LogP contribution in [-0.4, -0.2) is 75.2 Å². The molecule has 3 rings (SSSR count). The predicted molar refractivity (Wildman–Crippen MR) is 93.5 cm³/mol. The average molecular weight is 400 g/mol. The summed E-state index contributed by atoms with van der Waals surface area (Å²) in [6, 6.07) is 0.313. The fraction of sp³-hybridized carbons (Fsp3) is 0.588. The van der Waals surface area contributed by atoms with E-state index in [1.165, 1.54) is 11.9 Å². The summed E-state index contributed by atoms with van der Waals surface area (Å²) < 4.78 is 47.5. The van der Waals surface area contributed by atoms with E-state index in [1.807, 2.05) is 19.0 Å². The number of ether oxygens (including phenoxy) is 1. The van der Waals surface area contributed by atoms with Gasteiger partial charge in [-0.3, -0.25) is 14.2 Å². The van der Waals surface area contributed by atoms with Crippen molar-refractivity contribution in [2.24, 2.45) is 14.1 Å². The van der Waals surface area contributed by atoms with Gasteiger partial charge in [-0.2, -0.15) is 23.4 Å². The van der Waals surface area contributed by atoms with Crippen LogP contribution in [0.15, 0.2) is 18.5 Å². The lowest BCUT2D eigenvalue weighted by Gasteiger charge is -2.41. The number of aryl methyl sites for hydroxylation is 2. The highest BCUT2D eigenvalue weighted by Gasteiger charge is 2.40. The molecule has 2 aromatic heterocycles.